The smallest absolute Gasteiger partial charge is 0.324 e. The monoisotopic (exact) mass is 245 g/mol. The molecule has 5 heteroatoms. The molecule has 0 bridgehead atoms. The van der Waals surface area contributed by atoms with Gasteiger partial charge in [0.05, 0.1) is 0 Å². The summed E-state index contributed by atoms with van der Waals surface area (Å²) in [4.78, 5) is 11.2. The van der Waals surface area contributed by atoms with Crippen LogP contribution in [0.1, 0.15) is 5.56 Å². The molecule has 0 aliphatic rings. The van der Waals surface area contributed by atoms with Gasteiger partial charge in [0.15, 0.2) is 0 Å². The van der Waals surface area contributed by atoms with Crippen molar-refractivity contribution < 1.29 is 9.53 Å². The van der Waals surface area contributed by atoms with Gasteiger partial charge in [0, 0.05) is 10.8 Å². The van der Waals surface area contributed by atoms with Crippen LogP contribution in [0, 0.1) is 0 Å². The second-order valence-electron chi connectivity index (χ2n) is 3.03. The molecule has 0 aromatic heterocycles. The highest BCUT2D eigenvalue weighted by Gasteiger charge is 2.12. The molecule has 1 aromatic carbocycles. The van der Waals surface area contributed by atoms with Gasteiger partial charge in [-0.3, -0.25) is 4.79 Å². The molecule has 1 rings (SSSR count). The fraction of sp³-hybridized carbons (Fsp3) is 0.300. The predicted molar refractivity (Wildman–Crippen MR) is 63.1 cm³/mol. The van der Waals surface area contributed by atoms with E-state index in [1.165, 1.54) is 0 Å². The summed E-state index contributed by atoms with van der Waals surface area (Å²) < 4.78 is 4.96. The van der Waals surface area contributed by atoms with Crippen molar-refractivity contribution in [2.75, 3.05) is 5.75 Å². The van der Waals surface area contributed by atoms with E-state index in [9.17, 15) is 4.79 Å². The lowest BCUT2D eigenvalue weighted by molar-refractivity contribution is -0.145. The van der Waals surface area contributed by atoms with Crippen molar-refractivity contribution in [2.24, 2.45) is 5.73 Å². The summed E-state index contributed by atoms with van der Waals surface area (Å²) >= 11 is 9.68. The van der Waals surface area contributed by atoms with Gasteiger partial charge in [-0.15, -0.1) is 0 Å². The molecule has 0 aliphatic heterocycles. The first-order valence-corrected chi connectivity index (χ1v) is 5.42. The zero-order valence-corrected chi connectivity index (χ0v) is 9.67. The Bertz CT molecular complexity index is 346. The van der Waals surface area contributed by atoms with Crippen LogP contribution in [0.4, 0.5) is 0 Å². The third-order valence-electron chi connectivity index (χ3n) is 1.77. The molecule has 0 aliphatic carbocycles. The summed E-state index contributed by atoms with van der Waals surface area (Å²) in [6.45, 7) is 0.181. The van der Waals surface area contributed by atoms with Gasteiger partial charge in [-0.1, -0.05) is 23.7 Å². The van der Waals surface area contributed by atoms with Crippen molar-refractivity contribution >= 4 is 30.2 Å². The molecule has 0 spiro atoms. The third kappa shape index (κ3) is 4.11. The second-order valence-corrected chi connectivity index (χ2v) is 3.83. The zero-order chi connectivity index (χ0) is 11.3. The Hall–Kier alpha value is -0.710. The van der Waals surface area contributed by atoms with Crippen LogP contribution in [-0.4, -0.2) is 17.8 Å². The van der Waals surface area contributed by atoms with E-state index in [1.54, 1.807) is 18.2 Å². The molecule has 2 N–H and O–H groups in total. The molecule has 82 valence electrons. The Balaban J connectivity index is 2.47. The highest BCUT2D eigenvalue weighted by Crippen LogP contribution is 2.11. The van der Waals surface area contributed by atoms with E-state index < -0.39 is 12.0 Å². The summed E-state index contributed by atoms with van der Waals surface area (Å²) in [6.07, 6.45) is 0. The number of hydrogen-bond acceptors (Lipinski definition) is 4. The lowest BCUT2D eigenvalue weighted by Crippen LogP contribution is -2.33. The summed E-state index contributed by atoms with van der Waals surface area (Å²) in [5, 5.41) is 0.613. The fourth-order valence-electron chi connectivity index (χ4n) is 0.963. The molecule has 0 saturated heterocycles. The number of ether oxygens (including phenoxy) is 1. The van der Waals surface area contributed by atoms with Crippen molar-refractivity contribution in [3.8, 4) is 0 Å². The Morgan fingerprint density at radius 2 is 2.33 bits per heavy atom. The number of thiol groups is 1. The molecule has 3 nitrogen and oxygen atoms in total. The van der Waals surface area contributed by atoms with Crippen LogP contribution in [0.15, 0.2) is 24.3 Å². The quantitative estimate of drug-likeness (QED) is 0.626. The Labute approximate surface area is 99.0 Å². The van der Waals surface area contributed by atoms with Crippen LogP contribution in [0.5, 0.6) is 0 Å². The molecule has 15 heavy (non-hydrogen) atoms. The molecule has 0 radical (unpaired) electrons. The Morgan fingerprint density at radius 1 is 1.60 bits per heavy atom. The van der Waals surface area contributed by atoms with Gasteiger partial charge in [-0.25, -0.2) is 0 Å². The topological polar surface area (TPSA) is 52.3 Å². The first-order valence-electron chi connectivity index (χ1n) is 4.41. The number of halogens is 1. The van der Waals surface area contributed by atoms with Gasteiger partial charge in [0.2, 0.25) is 0 Å². The van der Waals surface area contributed by atoms with E-state index in [0.29, 0.717) is 5.02 Å². The number of benzene rings is 1. The minimum atomic E-state index is -0.674. The SMILES string of the molecule is N[C@H](CS)C(=O)OCc1cccc(Cl)c1. The molecule has 0 heterocycles. The number of carbonyl (C=O) groups excluding carboxylic acids is 1. The molecule has 0 saturated carbocycles. The van der Waals surface area contributed by atoms with Crippen LogP contribution in [0.25, 0.3) is 0 Å². The summed E-state index contributed by atoms with van der Waals surface area (Å²) in [7, 11) is 0. The predicted octanol–water partition coefficient (Wildman–Crippen LogP) is 1.64. The van der Waals surface area contributed by atoms with Crippen LogP contribution in [0.3, 0.4) is 0 Å². The fourth-order valence-corrected chi connectivity index (χ4v) is 1.32. The average molecular weight is 246 g/mol. The number of hydrogen-bond donors (Lipinski definition) is 2. The van der Waals surface area contributed by atoms with Crippen molar-refractivity contribution in [2.45, 2.75) is 12.6 Å². The Kier molecular flexibility index (Phi) is 4.94. The molecule has 0 amide bonds. The van der Waals surface area contributed by atoms with Crippen molar-refractivity contribution in [3.05, 3.63) is 34.9 Å². The minimum absolute atomic E-state index is 0.181. The van der Waals surface area contributed by atoms with Gasteiger partial charge < -0.3 is 10.5 Å². The number of nitrogens with two attached hydrogens (primary N) is 1. The molecule has 1 aromatic rings. The van der Waals surface area contributed by atoms with Gasteiger partial charge in [-0.05, 0) is 17.7 Å². The lowest BCUT2D eigenvalue weighted by Gasteiger charge is -2.08. The van der Waals surface area contributed by atoms with Crippen LogP contribution in [0.2, 0.25) is 5.02 Å². The molecular weight excluding hydrogens is 234 g/mol. The van der Waals surface area contributed by atoms with Gasteiger partial charge in [0.1, 0.15) is 12.6 Å². The van der Waals surface area contributed by atoms with E-state index in [0.717, 1.165) is 5.56 Å². The first kappa shape index (κ1) is 12.4. The standard InChI is InChI=1S/C10H12ClNO2S/c11-8-3-1-2-7(4-8)5-14-10(13)9(12)6-15/h1-4,9,15H,5-6,12H2/t9-/m1/s1. The van der Waals surface area contributed by atoms with Crippen LogP contribution < -0.4 is 5.73 Å². The summed E-state index contributed by atoms with van der Waals surface area (Å²) in [5.41, 5.74) is 6.27. The lowest BCUT2D eigenvalue weighted by atomic mass is 10.2. The highest BCUT2D eigenvalue weighted by atomic mass is 35.5. The van der Waals surface area contributed by atoms with Crippen LogP contribution in [-0.2, 0) is 16.1 Å². The van der Waals surface area contributed by atoms with E-state index in [2.05, 4.69) is 12.6 Å². The first-order chi connectivity index (χ1) is 7.13. The molecule has 1 atom stereocenters. The van der Waals surface area contributed by atoms with Gasteiger partial charge in [0.25, 0.3) is 0 Å². The molecular formula is C10H12ClNO2S. The number of rotatable bonds is 4. The van der Waals surface area contributed by atoms with E-state index in [-0.39, 0.29) is 12.4 Å². The second kappa shape index (κ2) is 6.00. The average Bonchev–Trinajstić information content (AvgIpc) is 2.25. The van der Waals surface area contributed by atoms with Crippen molar-refractivity contribution in [3.63, 3.8) is 0 Å². The maximum Gasteiger partial charge on any atom is 0.324 e. The molecule has 0 unspecified atom stereocenters. The van der Waals surface area contributed by atoms with E-state index in [1.807, 2.05) is 6.07 Å². The number of carbonyl (C=O) groups is 1. The van der Waals surface area contributed by atoms with Gasteiger partial charge in [-0.2, -0.15) is 12.6 Å². The van der Waals surface area contributed by atoms with Gasteiger partial charge >= 0.3 is 5.97 Å². The maximum atomic E-state index is 11.2. The largest absolute Gasteiger partial charge is 0.460 e. The van der Waals surface area contributed by atoms with Crippen LogP contribution >= 0.6 is 24.2 Å². The highest BCUT2D eigenvalue weighted by molar-refractivity contribution is 7.80. The minimum Gasteiger partial charge on any atom is -0.460 e. The van der Waals surface area contributed by atoms with E-state index in [4.69, 9.17) is 22.1 Å². The van der Waals surface area contributed by atoms with E-state index >= 15 is 0 Å². The van der Waals surface area contributed by atoms with Crippen molar-refractivity contribution in [1.29, 1.82) is 0 Å². The molecule has 0 fully saturated rings. The third-order valence-corrected chi connectivity index (χ3v) is 2.40. The number of esters is 1. The van der Waals surface area contributed by atoms with Crippen molar-refractivity contribution in [1.82, 2.24) is 0 Å². The normalized spacial score (nSPS) is 12.2. The summed E-state index contributed by atoms with van der Waals surface area (Å²) in [5.74, 6) is -0.182. The Morgan fingerprint density at radius 3 is 2.93 bits per heavy atom. The maximum absolute atomic E-state index is 11.2. The summed E-state index contributed by atoms with van der Waals surface area (Å²) in [6, 6.07) is 6.44. The zero-order valence-electron chi connectivity index (χ0n) is 8.02.